The van der Waals surface area contributed by atoms with Crippen molar-refractivity contribution in [1.82, 2.24) is 0 Å². The second kappa shape index (κ2) is 4.43. The molecule has 0 aliphatic carbocycles. The Morgan fingerprint density at radius 1 is 1.75 bits per heavy atom. The fraction of sp³-hybridized carbons (Fsp3) is 0.800. The summed E-state index contributed by atoms with van der Waals surface area (Å²) in [6, 6.07) is 0. The molecule has 3 nitrogen and oxygen atoms in total. The first kappa shape index (κ1) is 7.27. The molecule has 0 rings (SSSR count). The maximum absolute atomic E-state index is 5.32. The molecule has 0 aromatic heterocycles. The Bertz CT molecular complexity index is 80.5. The van der Waals surface area contributed by atoms with E-state index in [9.17, 15) is 0 Å². The lowest BCUT2D eigenvalue weighted by Crippen LogP contribution is -2.10. The van der Waals surface area contributed by atoms with E-state index in [2.05, 4.69) is 9.99 Å². The van der Waals surface area contributed by atoms with E-state index in [0.717, 1.165) is 12.8 Å². The molecule has 2 N–H and O–H groups in total. The van der Waals surface area contributed by atoms with Crippen LogP contribution in [0.5, 0.6) is 0 Å². The summed E-state index contributed by atoms with van der Waals surface area (Å²) in [4.78, 5) is 4.42. The van der Waals surface area contributed by atoms with Crippen molar-refractivity contribution in [3.05, 3.63) is 0 Å². The SMILES string of the molecule is CCC/C(N)=N\OC. The first-order chi connectivity index (χ1) is 3.81. The van der Waals surface area contributed by atoms with Crippen LogP contribution in [0.1, 0.15) is 19.8 Å². The van der Waals surface area contributed by atoms with Crippen molar-refractivity contribution in [2.45, 2.75) is 19.8 Å². The van der Waals surface area contributed by atoms with Gasteiger partial charge in [-0.2, -0.15) is 0 Å². The average molecular weight is 116 g/mol. The summed E-state index contributed by atoms with van der Waals surface area (Å²) >= 11 is 0. The van der Waals surface area contributed by atoms with Gasteiger partial charge < -0.3 is 10.6 Å². The number of amidine groups is 1. The van der Waals surface area contributed by atoms with Crippen LogP contribution in [0.15, 0.2) is 5.16 Å². The fourth-order valence-corrected chi connectivity index (χ4v) is 0.419. The quantitative estimate of drug-likeness (QED) is 0.335. The second-order valence-electron chi connectivity index (χ2n) is 1.52. The molecule has 0 radical (unpaired) electrons. The lowest BCUT2D eigenvalue weighted by Gasteiger charge is -1.92. The molecule has 0 unspecified atom stereocenters. The largest absolute Gasteiger partial charge is 0.398 e. The van der Waals surface area contributed by atoms with Gasteiger partial charge in [0.25, 0.3) is 0 Å². The number of hydrogen-bond donors (Lipinski definition) is 1. The molecule has 48 valence electrons. The van der Waals surface area contributed by atoms with Gasteiger partial charge in [0.2, 0.25) is 0 Å². The topological polar surface area (TPSA) is 47.6 Å². The molecule has 0 fully saturated rings. The highest BCUT2D eigenvalue weighted by Crippen LogP contribution is 1.85. The molecule has 0 spiro atoms. The second-order valence-corrected chi connectivity index (χ2v) is 1.52. The molecule has 0 amide bonds. The Morgan fingerprint density at radius 3 is 2.75 bits per heavy atom. The predicted molar refractivity (Wildman–Crippen MR) is 33.5 cm³/mol. The van der Waals surface area contributed by atoms with E-state index in [0.29, 0.717) is 5.84 Å². The predicted octanol–water partition coefficient (Wildman–Crippen LogP) is 0.705. The maximum Gasteiger partial charge on any atom is 0.139 e. The number of nitrogens with two attached hydrogens (primary N) is 1. The van der Waals surface area contributed by atoms with Crippen molar-refractivity contribution in [2.75, 3.05) is 7.11 Å². The molecule has 0 atom stereocenters. The van der Waals surface area contributed by atoms with E-state index in [1.165, 1.54) is 7.11 Å². The van der Waals surface area contributed by atoms with Gasteiger partial charge in [-0.15, -0.1) is 0 Å². The molecule has 0 aliphatic heterocycles. The van der Waals surface area contributed by atoms with Gasteiger partial charge in [-0.3, -0.25) is 0 Å². The molecule has 3 heteroatoms. The van der Waals surface area contributed by atoms with Crippen LogP contribution in [0.25, 0.3) is 0 Å². The van der Waals surface area contributed by atoms with Crippen LogP contribution in [-0.4, -0.2) is 12.9 Å². The van der Waals surface area contributed by atoms with E-state index in [-0.39, 0.29) is 0 Å². The van der Waals surface area contributed by atoms with Gasteiger partial charge in [0.15, 0.2) is 0 Å². The minimum absolute atomic E-state index is 0.565. The smallest absolute Gasteiger partial charge is 0.139 e. The van der Waals surface area contributed by atoms with E-state index in [4.69, 9.17) is 5.73 Å². The number of oxime groups is 1. The summed E-state index contributed by atoms with van der Waals surface area (Å²) in [6.07, 6.45) is 1.83. The number of nitrogens with zero attached hydrogens (tertiary/aromatic N) is 1. The zero-order chi connectivity index (χ0) is 6.41. The molecular formula is C5H12N2O. The molecular weight excluding hydrogens is 104 g/mol. The summed E-state index contributed by atoms with van der Waals surface area (Å²) < 4.78 is 0. The highest BCUT2D eigenvalue weighted by atomic mass is 16.6. The van der Waals surface area contributed by atoms with E-state index >= 15 is 0 Å². The van der Waals surface area contributed by atoms with Crippen molar-refractivity contribution < 1.29 is 4.84 Å². The van der Waals surface area contributed by atoms with Crippen LogP contribution in [0.3, 0.4) is 0 Å². The van der Waals surface area contributed by atoms with Gasteiger partial charge in [-0.25, -0.2) is 0 Å². The highest BCUT2D eigenvalue weighted by molar-refractivity contribution is 5.79. The minimum Gasteiger partial charge on any atom is -0.398 e. The van der Waals surface area contributed by atoms with Gasteiger partial charge in [0.05, 0.1) is 0 Å². The maximum atomic E-state index is 5.32. The van der Waals surface area contributed by atoms with Crippen molar-refractivity contribution >= 4 is 5.84 Å². The van der Waals surface area contributed by atoms with E-state index in [1.54, 1.807) is 0 Å². The van der Waals surface area contributed by atoms with Gasteiger partial charge in [0, 0.05) is 6.42 Å². The Morgan fingerprint density at radius 2 is 2.38 bits per heavy atom. The van der Waals surface area contributed by atoms with Crippen molar-refractivity contribution in [2.24, 2.45) is 10.9 Å². The molecule has 0 heterocycles. The Hall–Kier alpha value is -0.730. The van der Waals surface area contributed by atoms with Gasteiger partial charge in [-0.05, 0) is 6.42 Å². The zero-order valence-corrected chi connectivity index (χ0v) is 5.35. The average Bonchev–Trinajstić information content (AvgIpc) is 1.68. The third-order valence-electron chi connectivity index (χ3n) is 0.715. The van der Waals surface area contributed by atoms with Crippen LogP contribution < -0.4 is 5.73 Å². The summed E-state index contributed by atoms with van der Waals surface area (Å²) in [6.45, 7) is 2.04. The summed E-state index contributed by atoms with van der Waals surface area (Å²) in [5.74, 6) is 0.565. The van der Waals surface area contributed by atoms with Gasteiger partial charge >= 0.3 is 0 Å². The Kier molecular flexibility index (Phi) is 4.03. The first-order valence-corrected chi connectivity index (χ1v) is 2.66. The van der Waals surface area contributed by atoms with E-state index < -0.39 is 0 Å². The third kappa shape index (κ3) is 3.46. The molecule has 8 heavy (non-hydrogen) atoms. The lowest BCUT2D eigenvalue weighted by molar-refractivity contribution is 0.212. The van der Waals surface area contributed by atoms with Crippen molar-refractivity contribution in [3.63, 3.8) is 0 Å². The van der Waals surface area contributed by atoms with Crippen LogP contribution >= 0.6 is 0 Å². The molecule has 0 aromatic carbocycles. The number of hydrogen-bond acceptors (Lipinski definition) is 2. The monoisotopic (exact) mass is 116 g/mol. The molecule has 0 bridgehead atoms. The zero-order valence-electron chi connectivity index (χ0n) is 5.35. The lowest BCUT2D eigenvalue weighted by atomic mass is 10.3. The van der Waals surface area contributed by atoms with Crippen LogP contribution in [-0.2, 0) is 4.84 Å². The molecule has 0 aromatic rings. The normalized spacial score (nSPS) is 11.5. The third-order valence-corrected chi connectivity index (χ3v) is 0.715. The van der Waals surface area contributed by atoms with Crippen LogP contribution in [0.4, 0.5) is 0 Å². The van der Waals surface area contributed by atoms with Crippen molar-refractivity contribution in [1.29, 1.82) is 0 Å². The van der Waals surface area contributed by atoms with E-state index in [1.807, 2.05) is 6.92 Å². The van der Waals surface area contributed by atoms with Crippen LogP contribution in [0, 0.1) is 0 Å². The summed E-state index contributed by atoms with van der Waals surface area (Å²) in [5, 5.41) is 3.51. The van der Waals surface area contributed by atoms with Gasteiger partial charge in [0.1, 0.15) is 12.9 Å². The first-order valence-electron chi connectivity index (χ1n) is 2.66. The molecule has 0 saturated heterocycles. The highest BCUT2D eigenvalue weighted by Gasteiger charge is 1.86. The summed E-state index contributed by atoms with van der Waals surface area (Å²) in [7, 11) is 1.49. The van der Waals surface area contributed by atoms with Gasteiger partial charge in [-0.1, -0.05) is 12.1 Å². The van der Waals surface area contributed by atoms with Crippen molar-refractivity contribution in [3.8, 4) is 0 Å². The number of rotatable bonds is 3. The fourth-order valence-electron chi connectivity index (χ4n) is 0.419. The molecule has 0 saturated carbocycles. The Balaban J connectivity index is 3.29. The summed E-state index contributed by atoms with van der Waals surface area (Å²) in [5.41, 5.74) is 5.32. The minimum atomic E-state index is 0.565. The Labute approximate surface area is 49.5 Å². The molecule has 0 aliphatic rings. The van der Waals surface area contributed by atoms with Crippen LogP contribution in [0.2, 0.25) is 0 Å². The standard InChI is InChI=1S/C5H12N2O/c1-3-4-5(6)7-8-2/h3-4H2,1-2H3,(H2,6,7).